The van der Waals surface area contributed by atoms with E-state index in [2.05, 4.69) is 37.2 Å². The number of nitrogens with zero attached hydrogens (tertiary/aromatic N) is 1. The van der Waals surface area contributed by atoms with E-state index in [1.54, 1.807) is 18.2 Å². The van der Waals surface area contributed by atoms with E-state index in [4.69, 9.17) is 5.26 Å². The Hall–Kier alpha value is -1.45. The van der Waals surface area contributed by atoms with Crippen molar-refractivity contribution in [2.24, 2.45) is 0 Å². The normalized spacial score (nSPS) is 10.2. The first-order valence-corrected chi connectivity index (χ1v) is 7.17. The summed E-state index contributed by atoms with van der Waals surface area (Å²) in [6, 6.07) is 9.48. The third-order valence-corrected chi connectivity index (χ3v) is 3.96. The van der Waals surface area contributed by atoms with Crippen LogP contribution in [-0.2, 0) is 6.54 Å². The van der Waals surface area contributed by atoms with E-state index < -0.39 is 11.6 Å². The van der Waals surface area contributed by atoms with Crippen molar-refractivity contribution in [3.63, 3.8) is 0 Å². The van der Waals surface area contributed by atoms with Gasteiger partial charge in [0.2, 0.25) is 0 Å². The molecule has 0 radical (unpaired) electrons. The molecule has 2 aromatic rings. The van der Waals surface area contributed by atoms with E-state index >= 15 is 0 Å². The summed E-state index contributed by atoms with van der Waals surface area (Å²) in [6.07, 6.45) is 0. The predicted molar refractivity (Wildman–Crippen MR) is 80.2 cm³/mol. The van der Waals surface area contributed by atoms with Crippen molar-refractivity contribution >= 4 is 37.5 Å². The summed E-state index contributed by atoms with van der Waals surface area (Å²) in [5.41, 5.74) is 1.11. The van der Waals surface area contributed by atoms with Gasteiger partial charge in [-0.25, -0.2) is 8.78 Å². The molecule has 6 heteroatoms. The quantitative estimate of drug-likeness (QED) is 0.736. The minimum atomic E-state index is -0.623. The summed E-state index contributed by atoms with van der Waals surface area (Å²) < 4.78 is 28.3. The summed E-state index contributed by atoms with van der Waals surface area (Å²) in [6.45, 7) is 0.00159. The van der Waals surface area contributed by atoms with Crippen LogP contribution in [0.4, 0.5) is 14.5 Å². The second-order valence-corrected chi connectivity index (χ2v) is 5.69. The maximum atomic E-state index is 13.8. The molecule has 0 aliphatic carbocycles. The molecule has 0 unspecified atom stereocenters. The molecule has 1 N–H and O–H groups in total. The molecule has 0 aliphatic rings. The molecular weight excluding hydrogens is 394 g/mol. The highest BCUT2D eigenvalue weighted by atomic mass is 79.9. The fraction of sp³-hybridized carbons (Fsp3) is 0.0714. The van der Waals surface area contributed by atoms with Crippen molar-refractivity contribution in [2.75, 3.05) is 5.32 Å². The topological polar surface area (TPSA) is 35.8 Å². The van der Waals surface area contributed by atoms with Gasteiger partial charge in [0.1, 0.15) is 11.6 Å². The number of benzene rings is 2. The Balaban J connectivity index is 2.22. The fourth-order valence-corrected chi connectivity index (χ4v) is 2.53. The third-order valence-electron chi connectivity index (χ3n) is 2.69. The molecule has 0 bridgehead atoms. The van der Waals surface area contributed by atoms with Crippen LogP contribution in [0.25, 0.3) is 0 Å². The van der Waals surface area contributed by atoms with Gasteiger partial charge in [-0.3, -0.25) is 0 Å². The van der Waals surface area contributed by atoms with Gasteiger partial charge in [0.15, 0.2) is 0 Å². The van der Waals surface area contributed by atoms with Crippen molar-refractivity contribution in [2.45, 2.75) is 6.54 Å². The number of anilines is 1. The number of rotatable bonds is 3. The van der Waals surface area contributed by atoms with Crippen LogP contribution in [0.3, 0.4) is 0 Å². The van der Waals surface area contributed by atoms with E-state index in [1.165, 1.54) is 12.1 Å². The Labute approximate surface area is 131 Å². The van der Waals surface area contributed by atoms with Crippen molar-refractivity contribution in [1.82, 2.24) is 0 Å². The Morgan fingerprint density at radius 2 is 1.85 bits per heavy atom. The van der Waals surface area contributed by atoms with Gasteiger partial charge in [-0.05, 0) is 62.2 Å². The molecule has 0 aromatic heterocycles. The molecule has 0 spiro atoms. The molecule has 0 amide bonds. The predicted octanol–water partition coefficient (Wildman–Crippen LogP) is 4.97. The summed E-state index contributed by atoms with van der Waals surface area (Å²) in [5.74, 6) is -1.23. The van der Waals surface area contributed by atoms with Crippen LogP contribution in [0, 0.1) is 23.0 Å². The lowest BCUT2D eigenvalue weighted by Crippen LogP contribution is -2.05. The van der Waals surface area contributed by atoms with Crippen LogP contribution >= 0.6 is 31.9 Å². The minimum absolute atomic E-state index is 0.00159. The van der Waals surface area contributed by atoms with Crippen LogP contribution in [0.5, 0.6) is 0 Å². The molecule has 2 rings (SSSR count). The Morgan fingerprint density at radius 3 is 2.50 bits per heavy atom. The van der Waals surface area contributed by atoms with E-state index in [1.807, 2.05) is 6.07 Å². The summed E-state index contributed by atoms with van der Waals surface area (Å²) in [5, 5.41) is 11.7. The lowest BCUT2D eigenvalue weighted by atomic mass is 10.2. The van der Waals surface area contributed by atoms with Gasteiger partial charge in [-0.1, -0.05) is 0 Å². The molecule has 20 heavy (non-hydrogen) atoms. The first-order valence-electron chi connectivity index (χ1n) is 5.59. The molecule has 0 heterocycles. The zero-order valence-corrected chi connectivity index (χ0v) is 13.2. The van der Waals surface area contributed by atoms with E-state index in [0.29, 0.717) is 15.7 Å². The minimum Gasteiger partial charge on any atom is -0.380 e. The van der Waals surface area contributed by atoms with Crippen LogP contribution < -0.4 is 5.32 Å². The second-order valence-electron chi connectivity index (χ2n) is 3.98. The first kappa shape index (κ1) is 14.9. The zero-order chi connectivity index (χ0) is 14.7. The van der Waals surface area contributed by atoms with Gasteiger partial charge < -0.3 is 5.32 Å². The van der Waals surface area contributed by atoms with Crippen LogP contribution in [0.15, 0.2) is 39.3 Å². The highest BCUT2D eigenvalue weighted by molar-refractivity contribution is 9.10. The number of halogens is 4. The zero-order valence-electron chi connectivity index (χ0n) is 10.1. The molecule has 2 nitrogen and oxygen atoms in total. The fourth-order valence-electron chi connectivity index (χ4n) is 1.64. The number of hydrogen-bond acceptors (Lipinski definition) is 2. The number of nitriles is 1. The standard InChI is InChI=1S/C14H8Br2F2N2/c15-10-2-3-12(17)9(14(10)18)7-20-13-4-1-8(6-19)5-11(13)16/h1-5,20H,7H2. The molecule has 0 saturated carbocycles. The van der Waals surface area contributed by atoms with Crippen molar-refractivity contribution < 1.29 is 8.78 Å². The van der Waals surface area contributed by atoms with E-state index in [9.17, 15) is 8.78 Å². The molecule has 0 atom stereocenters. The Morgan fingerprint density at radius 1 is 1.10 bits per heavy atom. The average molecular weight is 402 g/mol. The third kappa shape index (κ3) is 3.17. The second kappa shape index (κ2) is 6.33. The van der Waals surface area contributed by atoms with Crippen molar-refractivity contribution in [1.29, 1.82) is 5.26 Å². The van der Waals surface area contributed by atoms with Gasteiger partial charge in [0, 0.05) is 22.3 Å². The maximum absolute atomic E-state index is 13.8. The van der Waals surface area contributed by atoms with Gasteiger partial charge in [0.25, 0.3) is 0 Å². The molecule has 0 fully saturated rings. The van der Waals surface area contributed by atoms with E-state index in [0.717, 1.165) is 0 Å². The lowest BCUT2D eigenvalue weighted by molar-refractivity contribution is 0.555. The smallest absolute Gasteiger partial charge is 0.145 e. The summed E-state index contributed by atoms with van der Waals surface area (Å²) in [7, 11) is 0. The highest BCUT2D eigenvalue weighted by Crippen LogP contribution is 2.26. The van der Waals surface area contributed by atoms with Crippen LogP contribution in [0.2, 0.25) is 0 Å². The van der Waals surface area contributed by atoms with Crippen LogP contribution in [0.1, 0.15) is 11.1 Å². The van der Waals surface area contributed by atoms with Gasteiger partial charge in [-0.2, -0.15) is 5.26 Å². The average Bonchev–Trinajstić information content (AvgIpc) is 2.44. The Kier molecular flexibility index (Phi) is 4.73. The molecular formula is C14H8Br2F2N2. The molecule has 2 aromatic carbocycles. The van der Waals surface area contributed by atoms with Crippen LogP contribution in [-0.4, -0.2) is 0 Å². The van der Waals surface area contributed by atoms with E-state index in [-0.39, 0.29) is 16.6 Å². The van der Waals surface area contributed by atoms with Gasteiger partial charge in [-0.15, -0.1) is 0 Å². The first-order chi connectivity index (χ1) is 9.52. The van der Waals surface area contributed by atoms with Crippen molar-refractivity contribution in [3.8, 4) is 6.07 Å². The Bertz CT molecular complexity index is 696. The lowest BCUT2D eigenvalue weighted by Gasteiger charge is -2.11. The number of hydrogen-bond donors (Lipinski definition) is 1. The number of nitrogens with one attached hydrogen (secondary N) is 1. The molecule has 0 saturated heterocycles. The molecule has 102 valence electrons. The largest absolute Gasteiger partial charge is 0.380 e. The van der Waals surface area contributed by atoms with Gasteiger partial charge in [0.05, 0.1) is 16.1 Å². The molecule has 0 aliphatic heterocycles. The highest BCUT2D eigenvalue weighted by Gasteiger charge is 2.12. The maximum Gasteiger partial charge on any atom is 0.145 e. The monoisotopic (exact) mass is 400 g/mol. The summed E-state index contributed by atoms with van der Waals surface area (Å²) in [4.78, 5) is 0. The summed E-state index contributed by atoms with van der Waals surface area (Å²) >= 11 is 6.33. The SMILES string of the molecule is N#Cc1ccc(NCc2c(F)ccc(Br)c2F)c(Br)c1. The van der Waals surface area contributed by atoms with Crippen molar-refractivity contribution in [3.05, 3.63) is 62.0 Å². The van der Waals surface area contributed by atoms with Gasteiger partial charge >= 0.3 is 0 Å².